The molecule has 6 nitrogen and oxygen atoms in total. The number of benzene rings is 1. The minimum absolute atomic E-state index is 0.0516. The van der Waals surface area contributed by atoms with E-state index in [0.717, 1.165) is 42.1 Å². The van der Waals surface area contributed by atoms with Gasteiger partial charge in [0.15, 0.2) is 5.82 Å². The number of likely N-dealkylation sites (tertiary alicyclic amines) is 1. The fraction of sp³-hybridized carbons (Fsp3) is 0.360. The van der Waals surface area contributed by atoms with Gasteiger partial charge in [-0.3, -0.25) is 9.78 Å². The smallest absolute Gasteiger partial charge is 0.223 e. The van der Waals surface area contributed by atoms with Gasteiger partial charge in [0, 0.05) is 42.7 Å². The molecule has 160 valence electrons. The molecule has 1 aliphatic rings. The van der Waals surface area contributed by atoms with Crippen LogP contribution in [0.1, 0.15) is 51.9 Å². The number of carbonyl (C=O) groups excluding carboxylic acids is 1. The largest absolute Gasteiger partial charge is 0.340 e. The predicted molar refractivity (Wildman–Crippen MR) is 123 cm³/mol. The van der Waals surface area contributed by atoms with Crippen molar-refractivity contribution in [2.75, 3.05) is 11.9 Å². The molecule has 1 aromatic carbocycles. The third-order valence-electron chi connectivity index (χ3n) is 5.32. The van der Waals surface area contributed by atoms with E-state index in [4.69, 9.17) is 9.97 Å². The van der Waals surface area contributed by atoms with Crippen molar-refractivity contribution >= 4 is 17.4 Å². The van der Waals surface area contributed by atoms with Crippen LogP contribution in [-0.4, -0.2) is 32.3 Å². The van der Waals surface area contributed by atoms with Crippen LogP contribution in [0.2, 0.25) is 0 Å². The van der Waals surface area contributed by atoms with Gasteiger partial charge in [-0.15, -0.1) is 0 Å². The molecule has 3 heterocycles. The van der Waals surface area contributed by atoms with Crippen molar-refractivity contribution < 1.29 is 4.79 Å². The number of pyridine rings is 1. The van der Waals surface area contributed by atoms with Gasteiger partial charge in [-0.1, -0.05) is 39.0 Å². The second-order valence-electron chi connectivity index (χ2n) is 9.21. The highest BCUT2D eigenvalue weighted by Crippen LogP contribution is 2.34. The molecule has 1 unspecified atom stereocenters. The Bertz CT molecular complexity index is 1030. The van der Waals surface area contributed by atoms with E-state index >= 15 is 0 Å². The lowest BCUT2D eigenvalue weighted by atomic mass is 9.91. The summed E-state index contributed by atoms with van der Waals surface area (Å²) in [5.74, 6) is 1.58. The SMILES string of the molecule is CC(C)(C)CC(=O)N1CCCC1c1nc(Nc2ccccc2)cc(-c2ccncc2)n1. The molecule has 31 heavy (non-hydrogen) atoms. The van der Waals surface area contributed by atoms with E-state index in [0.29, 0.717) is 12.2 Å². The second-order valence-corrected chi connectivity index (χ2v) is 9.21. The van der Waals surface area contributed by atoms with Gasteiger partial charge in [-0.25, -0.2) is 9.97 Å². The lowest BCUT2D eigenvalue weighted by Gasteiger charge is -2.28. The number of carbonyl (C=O) groups is 1. The third kappa shape index (κ3) is 5.26. The number of nitrogens with zero attached hydrogens (tertiary/aromatic N) is 4. The van der Waals surface area contributed by atoms with Crippen molar-refractivity contribution in [3.05, 3.63) is 66.7 Å². The summed E-state index contributed by atoms with van der Waals surface area (Å²) in [6.07, 6.45) is 5.88. The van der Waals surface area contributed by atoms with E-state index in [1.807, 2.05) is 53.4 Å². The summed E-state index contributed by atoms with van der Waals surface area (Å²) in [6.45, 7) is 7.04. The summed E-state index contributed by atoms with van der Waals surface area (Å²) in [4.78, 5) is 28.8. The van der Waals surface area contributed by atoms with Gasteiger partial charge in [-0.2, -0.15) is 0 Å². The molecule has 0 saturated carbocycles. The average Bonchev–Trinajstić information content (AvgIpc) is 3.24. The fourth-order valence-electron chi connectivity index (χ4n) is 3.91. The zero-order chi connectivity index (χ0) is 21.8. The maximum atomic E-state index is 13.0. The van der Waals surface area contributed by atoms with Gasteiger partial charge in [-0.05, 0) is 42.5 Å². The molecule has 1 N–H and O–H groups in total. The Morgan fingerprint density at radius 2 is 1.84 bits per heavy atom. The summed E-state index contributed by atoms with van der Waals surface area (Å²) in [5, 5.41) is 3.39. The zero-order valence-corrected chi connectivity index (χ0v) is 18.4. The molecule has 0 aliphatic carbocycles. The molecule has 0 spiro atoms. The number of hydrogen-bond donors (Lipinski definition) is 1. The number of amides is 1. The fourth-order valence-corrected chi connectivity index (χ4v) is 3.91. The van der Waals surface area contributed by atoms with Crippen LogP contribution in [0.15, 0.2) is 60.9 Å². The Morgan fingerprint density at radius 1 is 1.10 bits per heavy atom. The van der Waals surface area contributed by atoms with Crippen LogP contribution in [0.3, 0.4) is 0 Å². The van der Waals surface area contributed by atoms with Crippen molar-refractivity contribution in [1.82, 2.24) is 19.9 Å². The topological polar surface area (TPSA) is 71.0 Å². The molecular formula is C25H29N5O. The lowest BCUT2D eigenvalue weighted by molar-refractivity contribution is -0.134. The first kappa shape index (κ1) is 21.0. The number of aromatic nitrogens is 3. The van der Waals surface area contributed by atoms with Gasteiger partial charge in [0.1, 0.15) is 5.82 Å². The van der Waals surface area contributed by atoms with E-state index in [1.165, 1.54) is 0 Å². The average molecular weight is 416 g/mol. The van der Waals surface area contributed by atoms with Crippen molar-refractivity contribution in [3.8, 4) is 11.3 Å². The van der Waals surface area contributed by atoms with Crippen LogP contribution in [0.5, 0.6) is 0 Å². The Balaban J connectivity index is 1.70. The molecule has 1 atom stereocenters. The van der Waals surface area contributed by atoms with Crippen LogP contribution in [0.25, 0.3) is 11.3 Å². The Hall–Kier alpha value is -3.28. The highest BCUT2D eigenvalue weighted by molar-refractivity contribution is 5.77. The molecule has 1 fully saturated rings. The Morgan fingerprint density at radius 3 is 2.55 bits per heavy atom. The number of nitrogens with one attached hydrogen (secondary N) is 1. The first-order valence-electron chi connectivity index (χ1n) is 10.8. The van der Waals surface area contributed by atoms with Crippen LogP contribution in [-0.2, 0) is 4.79 Å². The second kappa shape index (κ2) is 8.84. The third-order valence-corrected chi connectivity index (χ3v) is 5.32. The molecule has 1 aliphatic heterocycles. The molecule has 1 amide bonds. The monoisotopic (exact) mass is 415 g/mol. The maximum absolute atomic E-state index is 13.0. The zero-order valence-electron chi connectivity index (χ0n) is 18.4. The lowest BCUT2D eigenvalue weighted by Crippen LogP contribution is -2.34. The van der Waals surface area contributed by atoms with Crippen LogP contribution in [0.4, 0.5) is 11.5 Å². The number of para-hydroxylation sites is 1. The molecule has 1 saturated heterocycles. The Kier molecular flexibility index (Phi) is 5.98. The maximum Gasteiger partial charge on any atom is 0.223 e. The standard InChI is InChI=1S/C25H29N5O/c1-25(2,3)17-23(31)30-15-7-10-21(30)24-28-20(18-11-13-26-14-12-18)16-22(29-24)27-19-8-5-4-6-9-19/h4-6,8-9,11-14,16,21H,7,10,15,17H2,1-3H3,(H,27,28,29). The summed E-state index contributed by atoms with van der Waals surface area (Å²) in [7, 11) is 0. The molecular weight excluding hydrogens is 386 g/mol. The van der Waals surface area contributed by atoms with Gasteiger partial charge in [0.25, 0.3) is 0 Å². The van der Waals surface area contributed by atoms with E-state index in [2.05, 4.69) is 31.1 Å². The molecule has 0 bridgehead atoms. The summed E-state index contributed by atoms with van der Waals surface area (Å²) in [6, 6.07) is 15.7. The highest BCUT2D eigenvalue weighted by atomic mass is 16.2. The van der Waals surface area contributed by atoms with Crippen molar-refractivity contribution in [2.24, 2.45) is 5.41 Å². The first-order valence-corrected chi connectivity index (χ1v) is 10.8. The minimum Gasteiger partial charge on any atom is -0.340 e. The molecule has 6 heteroatoms. The van der Waals surface area contributed by atoms with Gasteiger partial charge in [0.05, 0.1) is 11.7 Å². The van der Waals surface area contributed by atoms with Crippen molar-refractivity contribution in [2.45, 2.75) is 46.1 Å². The summed E-state index contributed by atoms with van der Waals surface area (Å²) in [5.41, 5.74) is 2.70. The van der Waals surface area contributed by atoms with E-state index in [1.54, 1.807) is 12.4 Å². The van der Waals surface area contributed by atoms with Crippen LogP contribution < -0.4 is 5.32 Å². The quantitative estimate of drug-likeness (QED) is 0.606. The van der Waals surface area contributed by atoms with Gasteiger partial charge in [0.2, 0.25) is 5.91 Å². The van der Waals surface area contributed by atoms with Crippen LogP contribution in [0, 0.1) is 5.41 Å². The van der Waals surface area contributed by atoms with E-state index in [-0.39, 0.29) is 17.4 Å². The molecule has 2 aromatic heterocycles. The molecule has 0 radical (unpaired) electrons. The van der Waals surface area contributed by atoms with Crippen LogP contribution >= 0.6 is 0 Å². The molecule has 3 aromatic rings. The van der Waals surface area contributed by atoms with E-state index < -0.39 is 0 Å². The van der Waals surface area contributed by atoms with Crippen molar-refractivity contribution in [1.29, 1.82) is 0 Å². The number of hydrogen-bond acceptors (Lipinski definition) is 5. The predicted octanol–water partition coefficient (Wildman–Crippen LogP) is 5.38. The van der Waals surface area contributed by atoms with Gasteiger partial charge >= 0.3 is 0 Å². The number of rotatable bonds is 5. The minimum atomic E-state index is -0.104. The summed E-state index contributed by atoms with van der Waals surface area (Å²) >= 11 is 0. The Labute approximate surface area is 183 Å². The molecule has 4 rings (SSSR count). The van der Waals surface area contributed by atoms with E-state index in [9.17, 15) is 4.79 Å². The number of anilines is 2. The van der Waals surface area contributed by atoms with Gasteiger partial charge < -0.3 is 10.2 Å². The normalized spacial score (nSPS) is 16.4. The summed E-state index contributed by atoms with van der Waals surface area (Å²) < 4.78 is 0. The first-order chi connectivity index (χ1) is 14.9. The highest BCUT2D eigenvalue weighted by Gasteiger charge is 2.34. The van der Waals surface area contributed by atoms with Crippen molar-refractivity contribution in [3.63, 3.8) is 0 Å².